The summed E-state index contributed by atoms with van der Waals surface area (Å²) in [6, 6.07) is 0. The van der Waals surface area contributed by atoms with Crippen molar-refractivity contribution in [1.82, 2.24) is 15.5 Å². The monoisotopic (exact) mass is 209 g/mol. The van der Waals surface area contributed by atoms with E-state index in [4.69, 9.17) is 4.52 Å². The van der Waals surface area contributed by atoms with Gasteiger partial charge in [0.1, 0.15) is 0 Å². The van der Waals surface area contributed by atoms with Crippen LogP contribution < -0.4 is 5.32 Å². The molecule has 0 amide bonds. The van der Waals surface area contributed by atoms with Gasteiger partial charge < -0.3 is 9.84 Å². The highest BCUT2D eigenvalue weighted by molar-refractivity contribution is 7.08. The number of hydrogen-bond acceptors (Lipinski definition) is 5. The smallest absolute Gasteiger partial charge is 0.259 e. The summed E-state index contributed by atoms with van der Waals surface area (Å²) in [4.78, 5) is 4.27. The van der Waals surface area contributed by atoms with E-state index in [9.17, 15) is 0 Å². The number of aryl methyl sites for hydroxylation is 1. The second-order valence-electron chi connectivity index (χ2n) is 3.01. The molecule has 0 radical (unpaired) electrons. The van der Waals surface area contributed by atoms with Crippen LogP contribution in [-0.4, -0.2) is 17.2 Å². The summed E-state index contributed by atoms with van der Waals surface area (Å²) in [6.07, 6.45) is 0. The first kappa shape index (κ1) is 9.36. The van der Waals surface area contributed by atoms with E-state index in [0.717, 1.165) is 5.56 Å². The van der Waals surface area contributed by atoms with Gasteiger partial charge >= 0.3 is 0 Å². The Bertz CT molecular complexity index is 421. The molecule has 2 aromatic rings. The maximum atomic E-state index is 5.15. The second kappa shape index (κ2) is 3.89. The fraction of sp³-hybridized carbons (Fsp3) is 0.333. The normalized spacial score (nSPS) is 10.7. The molecule has 0 saturated carbocycles. The highest BCUT2D eigenvalue weighted by Crippen LogP contribution is 2.24. The van der Waals surface area contributed by atoms with Crippen molar-refractivity contribution >= 4 is 11.3 Å². The number of thiophene rings is 1. The fourth-order valence-electron chi connectivity index (χ4n) is 1.17. The predicted molar refractivity (Wildman–Crippen MR) is 55.1 cm³/mol. The van der Waals surface area contributed by atoms with Crippen LogP contribution in [0.2, 0.25) is 0 Å². The molecule has 2 aromatic heterocycles. The van der Waals surface area contributed by atoms with Crippen LogP contribution in [0.4, 0.5) is 0 Å². The van der Waals surface area contributed by atoms with Crippen LogP contribution in [-0.2, 0) is 6.54 Å². The topological polar surface area (TPSA) is 51.0 Å². The number of nitrogens with zero attached hydrogens (tertiary/aromatic N) is 2. The first-order valence-corrected chi connectivity index (χ1v) is 5.26. The molecule has 0 atom stereocenters. The number of rotatable bonds is 3. The largest absolute Gasteiger partial charge is 0.334 e. The zero-order valence-corrected chi connectivity index (χ0v) is 8.89. The molecule has 1 N–H and O–H groups in total. The van der Waals surface area contributed by atoms with E-state index in [-0.39, 0.29) is 0 Å². The van der Waals surface area contributed by atoms with Crippen LogP contribution in [0.3, 0.4) is 0 Å². The number of nitrogens with one attached hydrogen (secondary N) is 1. The minimum atomic E-state index is 0.606. The standard InChI is InChI=1S/C9H11N3OS/c1-6-4-14-5-7(6)9-11-8(3-10-2)12-13-9/h4-5,10H,3H2,1-2H3. The summed E-state index contributed by atoms with van der Waals surface area (Å²) in [5, 5.41) is 10.9. The molecular formula is C9H11N3OS. The zero-order valence-electron chi connectivity index (χ0n) is 8.07. The van der Waals surface area contributed by atoms with E-state index in [1.165, 1.54) is 5.56 Å². The summed E-state index contributed by atoms with van der Waals surface area (Å²) in [5.41, 5.74) is 2.21. The molecule has 0 aliphatic heterocycles. The minimum Gasteiger partial charge on any atom is -0.334 e. The lowest BCUT2D eigenvalue weighted by atomic mass is 10.2. The number of aromatic nitrogens is 2. The average molecular weight is 209 g/mol. The lowest BCUT2D eigenvalue weighted by Gasteiger charge is -1.89. The molecule has 2 rings (SSSR count). The molecule has 0 saturated heterocycles. The quantitative estimate of drug-likeness (QED) is 0.837. The molecule has 0 aliphatic rings. The lowest BCUT2D eigenvalue weighted by molar-refractivity contribution is 0.420. The molecule has 2 heterocycles. The molecular weight excluding hydrogens is 198 g/mol. The summed E-state index contributed by atoms with van der Waals surface area (Å²) in [7, 11) is 1.85. The summed E-state index contributed by atoms with van der Waals surface area (Å²) in [5.74, 6) is 1.29. The van der Waals surface area contributed by atoms with Gasteiger partial charge in [-0.05, 0) is 24.9 Å². The molecule has 5 heteroatoms. The Balaban J connectivity index is 2.29. The van der Waals surface area contributed by atoms with E-state index in [1.807, 2.05) is 19.4 Å². The van der Waals surface area contributed by atoms with Gasteiger partial charge in [0, 0.05) is 5.38 Å². The van der Waals surface area contributed by atoms with Gasteiger partial charge in [0.15, 0.2) is 5.82 Å². The van der Waals surface area contributed by atoms with Gasteiger partial charge in [-0.1, -0.05) is 5.16 Å². The minimum absolute atomic E-state index is 0.606. The molecule has 0 bridgehead atoms. The third kappa shape index (κ3) is 1.69. The van der Waals surface area contributed by atoms with Gasteiger partial charge in [0.05, 0.1) is 12.1 Å². The highest BCUT2D eigenvalue weighted by Gasteiger charge is 2.10. The van der Waals surface area contributed by atoms with E-state index in [0.29, 0.717) is 18.3 Å². The van der Waals surface area contributed by atoms with Crippen molar-refractivity contribution < 1.29 is 4.52 Å². The van der Waals surface area contributed by atoms with Crippen molar-refractivity contribution in [1.29, 1.82) is 0 Å². The molecule has 0 fully saturated rings. The third-order valence-electron chi connectivity index (χ3n) is 1.89. The Morgan fingerprint density at radius 2 is 2.36 bits per heavy atom. The Hall–Kier alpha value is -1.20. The summed E-state index contributed by atoms with van der Waals surface area (Å²) >= 11 is 1.64. The lowest BCUT2D eigenvalue weighted by Crippen LogP contribution is -2.06. The van der Waals surface area contributed by atoms with Crippen LogP contribution in [0.5, 0.6) is 0 Å². The Morgan fingerprint density at radius 3 is 3.00 bits per heavy atom. The second-order valence-corrected chi connectivity index (χ2v) is 3.76. The van der Waals surface area contributed by atoms with Crippen molar-refractivity contribution in [2.75, 3.05) is 7.05 Å². The van der Waals surface area contributed by atoms with Gasteiger partial charge in [0.2, 0.25) is 0 Å². The van der Waals surface area contributed by atoms with E-state index in [1.54, 1.807) is 11.3 Å². The highest BCUT2D eigenvalue weighted by atomic mass is 32.1. The van der Waals surface area contributed by atoms with Crippen molar-refractivity contribution in [3.8, 4) is 11.5 Å². The van der Waals surface area contributed by atoms with Crippen LogP contribution in [0.1, 0.15) is 11.4 Å². The van der Waals surface area contributed by atoms with Crippen LogP contribution in [0.25, 0.3) is 11.5 Å². The predicted octanol–water partition coefficient (Wildman–Crippen LogP) is 1.83. The van der Waals surface area contributed by atoms with E-state index >= 15 is 0 Å². The van der Waals surface area contributed by atoms with Crippen molar-refractivity contribution in [2.45, 2.75) is 13.5 Å². The van der Waals surface area contributed by atoms with Gasteiger partial charge in [-0.25, -0.2) is 0 Å². The van der Waals surface area contributed by atoms with Crippen LogP contribution >= 0.6 is 11.3 Å². The zero-order chi connectivity index (χ0) is 9.97. The molecule has 0 unspecified atom stereocenters. The Labute approximate surface area is 86.0 Å². The SMILES string of the molecule is CNCc1noc(-c2cscc2C)n1. The number of hydrogen-bond donors (Lipinski definition) is 1. The molecule has 0 aromatic carbocycles. The molecule has 4 nitrogen and oxygen atoms in total. The van der Waals surface area contributed by atoms with Crippen LogP contribution in [0, 0.1) is 6.92 Å². The first-order valence-electron chi connectivity index (χ1n) is 4.31. The van der Waals surface area contributed by atoms with Crippen molar-refractivity contribution in [3.63, 3.8) is 0 Å². The van der Waals surface area contributed by atoms with Gasteiger partial charge in [-0.2, -0.15) is 16.3 Å². The van der Waals surface area contributed by atoms with Crippen LogP contribution in [0.15, 0.2) is 15.3 Å². The van der Waals surface area contributed by atoms with Gasteiger partial charge in [-0.15, -0.1) is 0 Å². The summed E-state index contributed by atoms with van der Waals surface area (Å²) in [6.45, 7) is 2.67. The van der Waals surface area contributed by atoms with Gasteiger partial charge in [0.25, 0.3) is 5.89 Å². The van der Waals surface area contributed by atoms with Gasteiger partial charge in [-0.3, -0.25) is 0 Å². The summed E-state index contributed by atoms with van der Waals surface area (Å²) < 4.78 is 5.15. The van der Waals surface area contributed by atoms with E-state index < -0.39 is 0 Å². The average Bonchev–Trinajstić information content (AvgIpc) is 2.74. The Morgan fingerprint density at radius 1 is 1.50 bits per heavy atom. The maximum Gasteiger partial charge on any atom is 0.259 e. The van der Waals surface area contributed by atoms with Crippen molar-refractivity contribution in [3.05, 3.63) is 22.1 Å². The third-order valence-corrected chi connectivity index (χ3v) is 2.75. The van der Waals surface area contributed by atoms with Crippen molar-refractivity contribution in [2.24, 2.45) is 0 Å². The maximum absolute atomic E-state index is 5.15. The molecule has 0 aliphatic carbocycles. The first-order chi connectivity index (χ1) is 6.81. The molecule has 74 valence electrons. The molecule has 14 heavy (non-hydrogen) atoms. The van der Waals surface area contributed by atoms with E-state index in [2.05, 4.69) is 20.8 Å². The Kier molecular flexibility index (Phi) is 2.60. The molecule has 0 spiro atoms. The fourth-order valence-corrected chi connectivity index (χ4v) is 1.99.